The number of aliphatic hydroxyl groups excluding tert-OH is 9. The number of hydrogen-bond acceptors (Lipinski definition) is 30. The monoisotopic (exact) mass is 1480 g/mol. The maximum atomic E-state index is 11.9. The molecule has 0 heterocycles. The van der Waals surface area contributed by atoms with Crippen LogP contribution in [0.4, 0.5) is 0 Å². The predicted molar refractivity (Wildman–Crippen MR) is 383 cm³/mol. The Morgan fingerprint density at radius 3 is 0.637 bits per heavy atom. The summed E-state index contributed by atoms with van der Waals surface area (Å²) >= 11 is 0. The third kappa shape index (κ3) is 98.1. The number of rotatable bonds is 53. The average Bonchev–Trinajstić information content (AvgIpc) is 0.994. The Labute approximate surface area is 609 Å². The molecule has 0 fully saturated rings. The largest absolute Gasteiger partial charge is 0.463 e. The summed E-state index contributed by atoms with van der Waals surface area (Å²) in [6, 6.07) is 0. The van der Waals surface area contributed by atoms with Crippen LogP contribution in [0.25, 0.3) is 0 Å². The molecule has 0 aliphatic carbocycles. The van der Waals surface area contributed by atoms with Gasteiger partial charge in [-0.1, -0.05) is 139 Å². The minimum atomic E-state index is -1.05. The summed E-state index contributed by atoms with van der Waals surface area (Å²) < 4.78 is 45.7. The molecule has 0 aromatic heterocycles. The van der Waals surface area contributed by atoms with Gasteiger partial charge in [-0.05, 0) is 38.5 Å². The number of esters is 9. The van der Waals surface area contributed by atoms with Crippen LogP contribution in [0.2, 0.25) is 0 Å². The van der Waals surface area contributed by atoms with Crippen LogP contribution in [0.5, 0.6) is 0 Å². The van der Waals surface area contributed by atoms with Crippen molar-refractivity contribution in [3.63, 3.8) is 0 Å². The number of ether oxygens (including phenoxy) is 9. The van der Waals surface area contributed by atoms with E-state index in [-0.39, 0.29) is 145 Å². The lowest BCUT2D eigenvalue weighted by atomic mass is 10.2. The minimum absolute atomic E-state index is 0.0277. The van der Waals surface area contributed by atoms with E-state index in [0.717, 1.165) is 158 Å². The molecule has 0 rings (SSSR count). The molecule has 0 saturated heterocycles. The number of hydrogen-bond donors (Lipinski definition) is 9. The van der Waals surface area contributed by atoms with Gasteiger partial charge in [0.15, 0.2) is 18.3 Å². The van der Waals surface area contributed by atoms with E-state index in [1.807, 2.05) is 0 Å². The average molecular weight is 1490 g/mol. The Hall–Kier alpha value is -6.12. The molecule has 0 aliphatic rings. The van der Waals surface area contributed by atoms with Crippen molar-refractivity contribution in [1.29, 1.82) is 0 Å². The molecule has 102 heavy (non-hydrogen) atoms. The SMILES string of the molecule is CCC(=O)CCC(=O)OCC(COC(=O)CCC(=O)CC)OC(=O)CCC(=O)CC.CCCCCC(=O)OCC(CO)OC(=O)CCCCC.CCCCCC(=O)OCC(COC(=O)CCCCC)OC(=O)CCCCC.CCCCCC(=O)OCC(O)CO.CO.CO.CO.CO.CO.CO. The highest BCUT2D eigenvalue weighted by atomic mass is 16.6. The van der Waals surface area contributed by atoms with Gasteiger partial charge in [0.05, 0.1) is 32.5 Å². The van der Waals surface area contributed by atoms with Gasteiger partial charge < -0.3 is 88.6 Å². The lowest BCUT2D eigenvalue weighted by molar-refractivity contribution is -0.167. The van der Waals surface area contributed by atoms with Crippen LogP contribution in [-0.2, 0) is 100 Å². The molecule has 608 valence electrons. The first-order valence-electron chi connectivity index (χ1n) is 35.7. The van der Waals surface area contributed by atoms with Gasteiger partial charge in [-0.3, -0.25) is 57.5 Å². The topological polar surface area (TPSA) is 470 Å². The van der Waals surface area contributed by atoms with E-state index in [9.17, 15) is 57.5 Å². The Kier molecular flexibility index (Phi) is 114. The lowest BCUT2D eigenvalue weighted by Crippen LogP contribution is -2.31. The molecule has 0 radical (unpaired) electrons. The van der Waals surface area contributed by atoms with Gasteiger partial charge in [0.1, 0.15) is 63.1 Å². The molecule has 0 spiro atoms. The molecule has 9 N–H and O–H groups in total. The van der Waals surface area contributed by atoms with Gasteiger partial charge in [0, 0.05) is 120 Å². The Morgan fingerprint density at radius 2 is 0.422 bits per heavy atom. The van der Waals surface area contributed by atoms with Crippen molar-refractivity contribution < 1.29 is 146 Å². The van der Waals surface area contributed by atoms with Crippen LogP contribution in [0.15, 0.2) is 0 Å². The molecule has 0 aliphatic heterocycles. The van der Waals surface area contributed by atoms with E-state index in [1.165, 1.54) is 0 Å². The third-order valence-electron chi connectivity index (χ3n) is 12.8. The third-order valence-corrected chi connectivity index (χ3v) is 12.8. The van der Waals surface area contributed by atoms with Crippen molar-refractivity contribution >= 4 is 71.1 Å². The first-order chi connectivity index (χ1) is 49.1. The number of carbonyl (C=O) groups excluding carboxylic acids is 12. The summed E-state index contributed by atoms with van der Waals surface area (Å²) in [7, 11) is 6.00. The predicted octanol–water partition coefficient (Wildman–Crippen LogP) is 7.70. The molecule has 0 saturated carbocycles. The van der Waals surface area contributed by atoms with E-state index in [2.05, 4.69) is 41.5 Å². The summed E-state index contributed by atoms with van der Waals surface area (Å²) in [6.07, 6.45) is 16.2. The van der Waals surface area contributed by atoms with Gasteiger partial charge in [0.2, 0.25) is 0 Å². The number of carbonyl (C=O) groups is 12. The van der Waals surface area contributed by atoms with Crippen molar-refractivity contribution in [2.75, 3.05) is 95.5 Å². The van der Waals surface area contributed by atoms with Crippen molar-refractivity contribution in [3.8, 4) is 0 Å². The lowest BCUT2D eigenvalue weighted by Gasteiger charge is -2.18. The van der Waals surface area contributed by atoms with E-state index in [1.54, 1.807) is 20.8 Å². The smallest absolute Gasteiger partial charge is 0.306 e. The first-order valence-corrected chi connectivity index (χ1v) is 35.7. The zero-order valence-corrected chi connectivity index (χ0v) is 64.9. The molecule has 0 aromatic carbocycles. The zero-order valence-electron chi connectivity index (χ0n) is 64.9. The number of unbranched alkanes of at least 4 members (excludes halogenated alkanes) is 12. The van der Waals surface area contributed by atoms with Gasteiger partial charge in [-0.25, -0.2) is 0 Å². The summed E-state index contributed by atoms with van der Waals surface area (Å²) in [5.74, 6) is -4.15. The van der Waals surface area contributed by atoms with Crippen LogP contribution in [0, 0.1) is 0 Å². The minimum Gasteiger partial charge on any atom is -0.463 e. The second-order valence-corrected chi connectivity index (χ2v) is 21.4. The summed E-state index contributed by atoms with van der Waals surface area (Å²) in [5.41, 5.74) is 0. The van der Waals surface area contributed by atoms with Gasteiger partial charge in [0.25, 0.3) is 0 Å². The maximum Gasteiger partial charge on any atom is 0.306 e. The fourth-order valence-corrected chi connectivity index (χ4v) is 7.07. The fraction of sp³-hybridized carbons (Fsp3) is 0.833. The summed E-state index contributed by atoms with van der Waals surface area (Å²) in [4.78, 5) is 139. The Bertz CT molecular complexity index is 1870. The highest BCUT2D eigenvalue weighted by Gasteiger charge is 2.23. The number of Topliss-reactive ketones (excluding diaryl/α,β-unsaturated/α-hetero) is 3. The summed E-state index contributed by atoms with van der Waals surface area (Å²) in [6.45, 7) is 15.7. The molecule has 0 amide bonds. The Morgan fingerprint density at radius 1 is 0.235 bits per heavy atom. The van der Waals surface area contributed by atoms with Crippen molar-refractivity contribution in [2.24, 2.45) is 0 Å². The van der Waals surface area contributed by atoms with E-state index in [4.69, 9.17) is 88.6 Å². The maximum absolute atomic E-state index is 11.9. The van der Waals surface area contributed by atoms with Crippen LogP contribution in [0.3, 0.4) is 0 Å². The molecule has 2 atom stereocenters. The quantitative estimate of drug-likeness (QED) is 0.0160. The first kappa shape index (κ1) is 117. The standard InChI is InChI=1S/C21H32O9.C21H38O6.C15H28O5.C9H18O4.6CH4O/c1-4-15(22)7-10-19(25)28-13-18(30-21(27)12-9-17(24)6-3)14-29-20(26)11-8-16(23)5-2;1-4-7-10-13-19(22)25-16-18(27-21(24)15-12-9-6-3)17-26-20(23)14-11-8-5-2;1-3-5-7-9-14(17)19-12-13(11-16)20-15(18)10-8-6-4-2;1-2-3-4-5-9(12)13-7-8(11)6-10;6*1-2/h18H,4-14H2,1-3H3;18H,4-17H2,1-3H3;13,16H,3-12H2,1-2H3;8,10-11H,2-7H2,1H3;6*2H,1H3. The number of aliphatic hydroxyl groups is 9. The molecule has 0 bridgehead atoms. The summed E-state index contributed by atoms with van der Waals surface area (Å²) in [5, 5.41) is 68.4. The van der Waals surface area contributed by atoms with E-state index < -0.39 is 42.3 Å². The van der Waals surface area contributed by atoms with E-state index >= 15 is 0 Å². The second-order valence-electron chi connectivity index (χ2n) is 21.4. The molecule has 30 nitrogen and oxygen atoms in total. The zero-order chi connectivity index (χ0) is 80.6. The van der Waals surface area contributed by atoms with Crippen LogP contribution < -0.4 is 0 Å². The van der Waals surface area contributed by atoms with Crippen molar-refractivity contribution in [3.05, 3.63) is 0 Å². The van der Waals surface area contributed by atoms with Crippen LogP contribution in [-0.4, -0.2) is 237 Å². The highest BCUT2D eigenvalue weighted by Crippen LogP contribution is 2.11. The van der Waals surface area contributed by atoms with Gasteiger partial charge in [-0.15, -0.1) is 0 Å². The van der Waals surface area contributed by atoms with Crippen LogP contribution in [0.1, 0.15) is 274 Å². The van der Waals surface area contributed by atoms with Gasteiger partial charge in [-0.2, -0.15) is 0 Å². The molecular formula is C72H140O30. The highest BCUT2D eigenvalue weighted by molar-refractivity contribution is 5.84. The molecule has 0 aromatic rings. The second kappa shape index (κ2) is 99.1. The van der Waals surface area contributed by atoms with Crippen molar-refractivity contribution in [1.82, 2.24) is 0 Å². The van der Waals surface area contributed by atoms with E-state index in [0.29, 0.717) is 57.8 Å². The Balaban J connectivity index is -0.000000135. The normalized spacial score (nSPS) is 10.2. The fourth-order valence-electron chi connectivity index (χ4n) is 7.07. The molecule has 30 heteroatoms. The molecular weight excluding hydrogens is 1340 g/mol. The van der Waals surface area contributed by atoms with Gasteiger partial charge >= 0.3 is 53.7 Å². The molecule has 2 unspecified atom stereocenters. The van der Waals surface area contributed by atoms with Crippen LogP contribution >= 0.6 is 0 Å². The van der Waals surface area contributed by atoms with Crippen molar-refractivity contribution in [2.45, 2.75) is 299 Å². The number of ketones is 3.